The average molecular weight is 599 g/mol. The number of ether oxygens (including phenoxy) is 1. The summed E-state index contributed by atoms with van der Waals surface area (Å²) < 4.78 is 8.92. The molecule has 0 saturated carbocycles. The van der Waals surface area contributed by atoms with Crippen LogP contribution < -0.4 is 10.3 Å². The zero-order valence-electron chi connectivity index (χ0n) is 18.7. The first-order valence-corrected chi connectivity index (χ1v) is 12.4. The maximum atomic E-state index is 13.2. The molecule has 0 unspecified atom stereocenters. The summed E-state index contributed by atoms with van der Waals surface area (Å²) in [5.41, 5.74) is 1.95. The molecule has 1 heterocycles. The molecule has 0 amide bonds. The van der Waals surface area contributed by atoms with E-state index in [4.69, 9.17) is 4.74 Å². The van der Waals surface area contributed by atoms with Gasteiger partial charge in [-0.25, -0.2) is 9.78 Å². The molecule has 4 aromatic rings. The van der Waals surface area contributed by atoms with E-state index in [-0.39, 0.29) is 17.7 Å². The van der Waals surface area contributed by atoms with Gasteiger partial charge in [0.2, 0.25) is 0 Å². The molecule has 9 heteroatoms. The topological polar surface area (TPSA) is 93.8 Å². The van der Waals surface area contributed by atoms with Crippen LogP contribution in [0.1, 0.15) is 40.7 Å². The minimum Gasteiger partial charge on any atom is -0.488 e. The molecule has 0 saturated heterocycles. The van der Waals surface area contributed by atoms with Crippen molar-refractivity contribution < 1.29 is 14.6 Å². The maximum Gasteiger partial charge on any atom is 0.335 e. The lowest BCUT2D eigenvalue weighted by atomic mass is 10.1. The molecule has 35 heavy (non-hydrogen) atoms. The summed E-state index contributed by atoms with van der Waals surface area (Å²) in [6.45, 7) is 2.20. The van der Waals surface area contributed by atoms with E-state index in [1.54, 1.807) is 36.5 Å². The monoisotopic (exact) mass is 597 g/mol. The Kier molecular flexibility index (Phi) is 7.77. The van der Waals surface area contributed by atoms with Crippen LogP contribution in [-0.4, -0.2) is 27.0 Å². The van der Waals surface area contributed by atoms with Crippen LogP contribution in [0.5, 0.6) is 5.75 Å². The lowest BCUT2D eigenvalue weighted by molar-refractivity contribution is 0.0696. The highest BCUT2D eigenvalue weighted by Gasteiger charge is 2.12. The molecule has 0 aliphatic carbocycles. The van der Waals surface area contributed by atoms with Crippen molar-refractivity contribution in [3.05, 3.63) is 102 Å². The predicted octanol–water partition coefficient (Wildman–Crippen LogP) is 6.03. The van der Waals surface area contributed by atoms with Crippen LogP contribution in [-0.2, 0) is 13.0 Å². The van der Waals surface area contributed by atoms with Crippen LogP contribution in [0.25, 0.3) is 10.9 Å². The van der Waals surface area contributed by atoms with Crippen molar-refractivity contribution in [2.45, 2.75) is 26.4 Å². The van der Waals surface area contributed by atoms with Gasteiger partial charge in [0, 0.05) is 20.9 Å². The zero-order chi connectivity index (χ0) is 24.9. The minimum atomic E-state index is -0.993. The first-order valence-electron chi connectivity index (χ1n) is 10.9. The third-order valence-corrected chi connectivity index (χ3v) is 6.19. The highest BCUT2D eigenvalue weighted by Crippen LogP contribution is 2.23. The van der Waals surface area contributed by atoms with Crippen LogP contribution in [0.2, 0.25) is 0 Å². The molecule has 0 bridgehead atoms. The number of aromatic carboxylic acids is 1. The van der Waals surface area contributed by atoms with E-state index in [2.05, 4.69) is 41.9 Å². The number of benzene rings is 3. The van der Waals surface area contributed by atoms with Crippen LogP contribution >= 0.6 is 31.9 Å². The number of hydrogen-bond acceptors (Lipinski definition) is 5. The molecule has 0 atom stereocenters. The number of aromatic nitrogens is 2. The summed E-state index contributed by atoms with van der Waals surface area (Å²) in [5.74, 6) is 0.124. The lowest BCUT2D eigenvalue weighted by Gasteiger charge is -2.11. The number of aryl methyl sites for hydroxylation is 1. The SMILES string of the molecule is CCCc1nc2ccc(Br)cc2c(=O)n1N=Cc1cc(Br)ccc1OCc1cccc(C(=O)O)c1. The van der Waals surface area contributed by atoms with E-state index in [0.29, 0.717) is 34.5 Å². The molecule has 0 aliphatic heterocycles. The lowest BCUT2D eigenvalue weighted by Crippen LogP contribution is -2.22. The van der Waals surface area contributed by atoms with Crippen molar-refractivity contribution in [1.82, 2.24) is 9.66 Å². The normalized spacial score (nSPS) is 11.3. The Labute approximate surface area is 218 Å². The fourth-order valence-electron chi connectivity index (χ4n) is 3.53. The van der Waals surface area contributed by atoms with Gasteiger partial charge in [0.25, 0.3) is 5.56 Å². The molecule has 0 aliphatic rings. The Morgan fingerprint density at radius 3 is 2.66 bits per heavy atom. The zero-order valence-corrected chi connectivity index (χ0v) is 21.9. The standard InChI is InChI=1S/C26H21Br2N3O4/c1-2-4-24-30-22-9-7-20(28)13-21(22)25(32)31(24)29-14-18-12-19(27)8-10-23(18)35-15-16-5-3-6-17(11-16)26(33)34/h3,5-14H,2,4,15H2,1H3,(H,33,34). The number of nitrogens with zero attached hydrogens (tertiary/aromatic N) is 3. The molecule has 0 radical (unpaired) electrons. The summed E-state index contributed by atoms with van der Waals surface area (Å²) in [6.07, 6.45) is 2.98. The Bertz CT molecular complexity index is 1500. The largest absolute Gasteiger partial charge is 0.488 e. The number of hydrogen-bond donors (Lipinski definition) is 1. The van der Waals surface area contributed by atoms with Gasteiger partial charge in [0.1, 0.15) is 18.2 Å². The quantitative estimate of drug-likeness (QED) is 0.250. The first kappa shape index (κ1) is 24.8. The Balaban J connectivity index is 1.69. The fourth-order valence-corrected chi connectivity index (χ4v) is 4.27. The van der Waals surface area contributed by atoms with Gasteiger partial charge >= 0.3 is 5.97 Å². The minimum absolute atomic E-state index is 0.177. The second-order valence-electron chi connectivity index (χ2n) is 7.78. The Hall–Kier alpha value is -3.30. The molecule has 1 aromatic heterocycles. The van der Waals surface area contributed by atoms with Crippen molar-refractivity contribution in [2.24, 2.45) is 5.10 Å². The number of carboxylic acids is 1. The van der Waals surface area contributed by atoms with Crippen molar-refractivity contribution in [2.75, 3.05) is 0 Å². The van der Waals surface area contributed by atoms with E-state index >= 15 is 0 Å². The third-order valence-electron chi connectivity index (χ3n) is 5.20. The van der Waals surface area contributed by atoms with Crippen LogP contribution in [0, 0.1) is 0 Å². The van der Waals surface area contributed by atoms with Gasteiger partial charge in [-0.15, -0.1) is 0 Å². The Morgan fingerprint density at radius 1 is 1.11 bits per heavy atom. The van der Waals surface area contributed by atoms with E-state index in [1.807, 2.05) is 31.2 Å². The number of carboxylic acid groups (broad SMARTS) is 1. The molecule has 0 fully saturated rings. The molecular weight excluding hydrogens is 578 g/mol. The summed E-state index contributed by atoms with van der Waals surface area (Å²) in [6, 6.07) is 17.5. The summed E-state index contributed by atoms with van der Waals surface area (Å²) in [5, 5.41) is 14.2. The van der Waals surface area contributed by atoms with Gasteiger partial charge in [-0.1, -0.05) is 50.9 Å². The molecule has 0 spiro atoms. The number of halogens is 2. The molecule has 7 nitrogen and oxygen atoms in total. The van der Waals surface area contributed by atoms with Gasteiger partial charge in [-0.3, -0.25) is 4.79 Å². The van der Waals surface area contributed by atoms with Gasteiger partial charge in [0.05, 0.1) is 22.7 Å². The van der Waals surface area contributed by atoms with E-state index < -0.39 is 5.97 Å². The molecule has 178 valence electrons. The second-order valence-corrected chi connectivity index (χ2v) is 9.61. The van der Waals surface area contributed by atoms with Gasteiger partial charge in [0.15, 0.2) is 0 Å². The van der Waals surface area contributed by atoms with Gasteiger partial charge in [-0.2, -0.15) is 9.78 Å². The van der Waals surface area contributed by atoms with Crippen molar-refractivity contribution >= 4 is 54.9 Å². The number of fused-ring (bicyclic) bond motifs is 1. The summed E-state index contributed by atoms with van der Waals surface area (Å²) >= 11 is 6.88. The summed E-state index contributed by atoms with van der Waals surface area (Å²) in [7, 11) is 0. The smallest absolute Gasteiger partial charge is 0.335 e. The average Bonchev–Trinajstić information content (AvgIpc) is 2.84. The van der Waals surface area contributed by atoms with Crippen molar-refractivity contribution in [1.29, 1.82) is 0 Å². The maximum absolute atomic E-state index is 13.2. The van der Waals surface area contributed by atoms with Crippen LogP contribution in [0.4, 0.5) is 0 Å². The molecule has 3 aromatic carbocycles. The van der Waals surface area contributed by atoms with Crippen molar-refractivity contribution in [3.63, 3.8) is 0 Å². The third kappa shape index (κ3) is 5.86. The second kappa shape index (κ2) is 11.0. The highest BCUT2D eigenvalue weighted by atomic mass is 79.9. The van der Waals surface area contributed by atoms with E-state index in [9.17, 15) is 14.7 Å². The molecular formula is C26H21Br2N3O4. The number of carbonyl (C=O) groups is 1. The summed E-state index contributed by atoms with van der Waals surface area (Å²) in [4.78, 5) is 29.1. The highest BCUT2D eigenvalue weighted by molar-refractivity contribution is 9.10. The van der Waals surface area contributed by atoms with Gasteiger partial charge < -0.3 is 9.84 Å². The fraction of sp³-hybridized carbons (Fsp3) is 0.154. The first-order chi connectivity index (χ1) is 16.9. The molecule has 4 rings (SSSR count). The Morgan fingerprint density at radius 2 is 1.89 bits per heavy atom. The number of rotatable bonds is 8. The predicted molar refractivity (Wildman–Crippen MR) is 143 cm³/mol. The van der Waals surface area contributed by atoms with E-state index in [1.165, 1.54) is 10.7 Å². The van der Waals surface area contributed by atoms with E-state index in [0.717, 1.165) is 20.9 Å². The molecule has 1 N–H and O–H groups in total. The van der Waals surface area contributed by atoms with Crippen LogP contribution in [0.15, 0.2) is 79.5 Å². The van der Waals surface area contributed by atoms with Crippen molar-refractivity contribution in [3.8, 4) is 5.75 Å². The van der Waals surface area contributed by atoms with Crippen LogP contribution in [0.3, 0.4) is 0 Å². The van der Waals surface area contributed by atoms with Gasteiger partial charge in [-0.05, 0) is 60.5 Å².